The zero-order valence-corrected chi connectivity index (χ0v) is 9.28. The average Bonchev–Trinajstić information content (AvgIpc) is 1.78. The van der Waals surface area contributed by atoms with Gasteiger partial charge < -0.3 is 0 Å². The molecule has 0 heterocycles. The SMILES string of the molecule is C=C1C=C(C=C(C)C)CC(C)(C)C1. The van der Waals surface area contributed by atoms with E-state index >= 15 is 0 Å². The van der Waals surface area contributed by atoms with Gasteiger partial charge in [0.25, 0.3) is 0 Å². The van der Waals surface area contributed by atoms with Crippen molar-refractivity contribution in [3.05, 3.63) is 35.5 Å². The van der Waals surface area contributed by atoms with E-state index < -0.39 is 0 Å². The van der Waals surface area contributed by atoms with Crippen LogP contribution < -0.4 is 0 Å². The highest BCUT2D eigenvalue weighted by molar-refractivity contribution is 5.34. The summed E-state index contributed by atoms with van der Waals surface area (Å²) in [5, 5.41) is 0. The lowest BCUT2D eigenvalue weighted by atomic mass is 9.75. The van der Waals surface area contributed by atoms with Crippen molar-refractivity contribution in [1.29, 1.82) is 0 Å². The summed E-state index contributed by atoms with van der Waals surface area (Å²) in [5.74, 6) is 0. The summed E-state index contributed by atoms with van der Waals surface area (Å²) < 4.78 is 0. The topological polar surface area (TPSA) is 0 Å². The molecule has 1 aliphatic rings. The van der Waals surface area contributed by atoms with Crippen molar-refractivity contribution >= 4 is 0 Å². The fraction of sp³-hybridized carbons (Fsp3) is 0.538. The molecule has 0 N–H and O–H groups in total. The van der Waals surface area contributed by atoms with Gasteiger partial charge in [-0.05, 0) is 37.7 Å². The van der Waals surface area contributed by atoms with E-state index in [1.807, 2.05) is 0 Å². The van der Waals surface area contributed by atoms with Crippen LogP contribution in [-0.4, -0.2) is 0 Å². The highest BCUT2D eigenvalue weighted by Crippen LogP contribution is 2.37. The van der Waals surface area contributed by atoms with Gasteiger partial charge in [-0.15, -0.1) is 0 Å². The van der Waals surface area contributed by atoms with Crippen molar-refractivity contribution in [3.8, 4) is 0 Å². The molecule has 0 aromatic heterocycles. The highest BCUT2D eigenvalue weighted by Gasteiger charge is 2.23. The lowest BCUT2D eigenvalue weighted by Gasteiger charge is -2.30. The summed E-state index contributed by atoms with van der Waals surface area (Å²) >= 11 is 0. The van der Waals surface area contributed by atoms with Crippen molar-refractivity contribution in [2.45, 2.75) is 40.5 Å². The maximum Gasteiger partial charge on any atom is -0.0224 e. The Labute approximate surface area is 82.0 Å². The Hall–Kier alpha value is -0.780. The van der Waals surface area contributed by atoms with E-state index in [2.05, 4.69) is 46.4 Å². The zero-order chi connectivity index (χ0) is 10.1. The summed E-state index contributed by atoms with van der Waals surface area (Å²) in [4.78, 5) is 0. The maximum absolute atomic E-state index is 4.06. The van der Waals surface area contributed by atoms with Gasteiger partial charge in [-0.1, -0.05) is 43.7 Å². The molecule has 0 bridgehead atoms. The minimum Gasteiger partial charge on any atom is -0.0958 e. The zero-order valence-electron chi connectivity index (χ0n) is 9.28. The molecule has 0 unspecified atom stereocenters. The standard InChI is InChI=1S/C13H20/c1-10(2)6-12-7-11(3)8-13(4,5)9-12/h6-7H,3,8-9H2,1-2,4-5H3. The fourth-order valence-electron chi connectivity index (χ4n) is 2.06. The van der Waals surface area contributed by atoms with E-state index in [1.54, 1.807) is 0 Å². The molecule has 0 aromatic rings. The Balaban J connectivity index is 2.88. The van der Waals surface area contributed by atoms with Crippen LogP contribution in [0.15, 0.2) is 35.5 Å². The van der Waals surface area contributed by atoms with Crippen LogP contribution >= 0.6 is 0 Å². The van der Waals surface area contributed by atoms with Gasteiger partial charge in [0.15, 0.2) is 0 Å². The van der Waals surface area contributed by atoms with Crippen LogP contribution in [0.4, 0.5) is 0 Å². The van der Waals surface area contributed by atoms with Crippen molar-refractivity contribution in [2.75, 3.05) is 0 Å². The van der Waals surface area contributed by atoms with Gasteiger partial charge in [-0.3, -0.25) is 0 Å². The highest BCUT2D eigenvalue weighted by atomic mass is 14.3. The molecule has 0 radical (unpaired) electrons. The molecule has 0 nitrogen and oxygen atoms in total. The first-order valence-corrected chi connectivity index (χ1v) is 4.92. The smallest absolute Gasteiger partial charge is 0.0224 e. The Morgan fingerprint density at radius 1 is 1.38 bits per heavy atom. The van der Waals surface area contributed by atoms with Gasteiger partial charge in [0.2, 0.25) is 0 Å². The van der Waals surface area contributed by atoms with Crippen molar-refractivity contribution in [3.63, 3.8) is 0 Å². The molecule has 1 aliphatic carbocycles. The van der Waals surface area contributed by atoms with Crippen LogP contribution in [-0.2, 0) is 0 Å². The molecule has 0 aliphatic heterocycles. The molecular weight excluding hydrogens is 156 g/mol. The largest absolute Gasteiger partial charge is 0.0958 e. The normalized spacial score (nSPS) is 20.9. The molecule has 0 amide bonds. The second-order valence-electron chi connectivity index (χ2n) is 5.12. The summed E-state index contributed by atoms with van der Waals surface area (Å²) in [5.41, 5.74) is 4.47. The van der Waals surface area contributed by atoms with Gasteiger partial charge in [0.05, 0.1) is 0 Å². The summed E-state index contributed by atoms with van der Waals surface area (Å²) in [6.45, 7) is 13.0. The summed E-state index contributed by atoms with van der Waals surface area (Å²) in [6.07, 6.45) is 6.81. The second-order valence-corrected chi connectivity index (χ2v) is 5.12. The Kier molecular flexibility index (Phi) is 2.80. The minimum absolute atomic E-state index is 0.396. The van der Waals surface area contributed by atoms with Crippen LogP contribution in [0, 0.1) is 5.41 Å². The molecule has 72 valence electrons. The minimum atomic E-state index is 0.396. The van der Waals surface area contributed by atoms with E-state index in [1.165, 1.54) is 23.1 Å². The number of hydrogen-bond acceptors (Lipinski definition) is 0. The molecule has 0 heteroatoms. The van der Waals surface area contributed by atoms with Crippen LogP contribution in [0.5, 0.6) is 0 Å². The molecule has 0 saturated carbocycles. The number of rotatable bonds is 1. The second kappa shape index (κ2) is 3.53. The van der Waals surface area contributed by atoms with E-state index in [-0.39, 0.29) is 0 Å². The molecule has 13 heavy (non-hydrogen) atoms. The third-order valence-corrected chi connectivity index (χ3v) is 2.25. The van der Waals surface area contributed by atoms with Crippen molar-refractivity contribution in [1.82, 2.24) is 0 Å². The Morgan fingerprint density at radius 2 is 2.00 bits per heavy atom. The predicted octanol–water partition coefficient (Wildman–Crippen LogP) is 4.26. The van der Waals surface area contributed by atoms with Crippen molar-refractivity contribution < 1.29 is 0 Å². The molecular formula is C13H20. The van der Waals surface area contributed by atoms with Crippen LogP contribution in [0.3, 0.4) is 0 Å². The van der Waals surface area contributed by atoms with Crippen molar-refractivity contribution in [2.24, 2.45) is 5.41 Å². The molecule has 0 aromatic carbocycles. The van der Waals surface area contributed by atoms with Crippen LogP contribution in [0.2, 0.25) is 0 Å². The quantitative estimate of drug-likeness (QED) is 0.560. The number of hydrogen-bond donors (Lipinski definition) is 0. The van der Waals surface area contributed by atoms with Crippen LogP contribution in [0.1, 0.15) is 40.5 Å². The van der Waals surface area contributed by atoms with Gasteiger partial charge in [0, 0.05) is 0 Å². The lowest BCUT2D eigenvalue weighted by Crippen LogP contribution is -2.16. The van der Waals surface area contributed by atoms with Gasteiger partial charge in [-0.2, -0.15) is 0 Å². The summed E-state index contributed by atoms with van der Waals surface area (Å²) in [7, 11) is 0. The van der Waals surface area contributed by atoms with E-state index in [9.17, 15) is 0 Å². The van der Waals surface area contributed by atoms with Gasteiger partial charge in [-0.25, -0.2) is 0 Å². The van der Waals surface area contributed by atoms with Gasteiger partial charge >= 0.3 is 0 Å². The monoisotopic (exact) mass is 176 g/mol. The number of allylic oxidation sites excluding steroid dienone is 5. The van der Waals surface area contributed by atoms with Gasteiger partial charge in [0.1, 0.15) is 0 Å². The molecule has 0 saturated heterocycles. The van der Waals surface area contributed by atoms with E-state index in [4.69, 9.17) is 0 Å². The predicted molar refractivity (Wildman–Crippen MR) is 59.7 cm³/mol. The fourth-order valence-corrected chi connectivity index (χ4v) is 2.06. The van der Waals surface area contributed by atoms with E-state index in [0.29, 0.717) is 5.41 Å². The third-order valence-electron chi connectivity index (χ3n) is 2.25. The first kappa shape index (κ1) is 10.3. The lowest BCUT2D eigenvalue weighted by molar-refractivity contribution is 0.355. The third kappa shape index (κ3) is 3.22. The first-order valence-electron chi connectivity index (χ1n) is 4.92. The molecule has 1 rings (SSSR count). The Bertz CT molecular complexity index is 270. The molecule has 0 atom stereocenters. The molecule has 0 fully saturated rings. The summed E-state index contributed by atoms with van der Waals surface area (Å²) in [6, 6.07) is 0. The van der Waals surface area contributed by atoms with E-state index in [0.717, 1.165) is 6.42 Å². The molecule has 0 spiro atoms. The average molecular weight is 176 g/mol. The Morgan fingerprint density at radius 3 is 2.46 bits per heavy atom. The van der Waals surface area contributed by atoms with Crippen LogP contribution in [0.25, 0.3) is 0 Å². The first-order chi connectivity index (χ1) is 5.89. The maximum atomic E-state index is 4.06.